The van der Waals surface area contributed by atoms with Crippen molar-refractivity contribution in [3.05, 3.63) is 35.9 Å². The zero-order chi connectivity index (χ0) is 15.0. The van der Waals surface area contributed by atoms with Crippen molar-refractivity contribution >= 4 is 17.8 Å². The molecule has 0 spiro atoms. The zero-order valence-electron chi connectivity index (χ0n) is 11.2. The summed E-state index contributed by atoms with van der Waals surface area (Å²) in [6.45, 7) is 1.77. The number of aliphatic carboxylic acids is 1. The molecule has 6 nitrogen and oxygen atoms in total. The summed E-state index contributed by atoms with van der Waals surface area (Å²) in [5.74, 6) is -1.93. The minimum absolute atomic E-state index is 0.0149. The fraction of sp³-hybridized carbons (Fsp3) is 0.357. The predicted molar refractivity (Wildman–Crippen MR) is 71.1 cm³/mol. The van der Waals surface area contributed by atoms with Gasteiger partial charge in [-0.2, -0.15) is 0 Å². The van der Waals surface area contributed by atoms with Crippen LogP contribution in [0.3, 0.4) is 0 Å². The predicted octanol–water partition coefficient (Wildman–Crippen LogP) is 1.74. The van der Waals surface area contributed by atoms with Crippen molar-refractivity contribution in [2.24, 2.45) is 0 Å². The normalized spacial score (nSPS) is 11.4. The van der Waals surface area contributed by atoms with Gasteiger partial charge in [0.15, 0.2) is 11.8 Å². The molecule has 0 aliphatic rings. The van der Waals surface area contributed by atoms with Crippen LogP contribution in [0.2, 0.25) is 0 Å². The van der Waals surface area contributed by atoms with Gasteiger partial charge in [-0.1, -0.05) is 37.3 Å². The van der Waals surface area contributed by atoms with Crippen molar-refractivity contribution in [2.75, 3.05) is 0 Å². The Morgan fingerprint density at radius 3 is 2.45 bits per heavy atom. The van der Waals surface area contributed by atoms with Gasteiger partial charge in [-0.3, -0.25) is 4.79 Å². The lowest BCUT2D eigenvalue weighted by atomic mass is 10.1. The molecule has 1 amide bonds. The summed E-state index contributed by atoms with van der Waals surface area (Å²) in [5.41, 5.74) is 0.773. The van der Waals surface area contributed by atoms with Crippen molar-refractivity contribution in [3.8, 4) is 0 Å². The highest BCUT2D eigenvalue weighted by Crippen LogP contribution is 2.02. The van der Waals surface area contributed by atoms with Crippen LogP contribution in [0.15, 0.2) is 30.3 Å². The van der Waals surface area contributed by atoms with E-state index in [1.54, 1.807) is 31.2 Å². The van der Waals surface area contributed by atoms with Crippen molar-refractivity contribution in [2.45, 2.75) is 32.4 Å². The third kappa shape index (κ3) is 5.09. The van der Waals surface area contributed by atoms with E-state index in [0.717, 1.165) is 5.56 Å². The van der Waals surface area contributed by atoms with Gasteiger partial charge in [0.25, 0.3) is 0 Å². The second-order valence-electron chi connectivity index (χ2n) is 4.19. The molecule has 1 atom stereocenters. The number of rotatable bonds is 7. The molecular weight excluding hydrogens is 262 g/mol. The van der Waals surface area contributed by atoms with Gasteiger partial charge in [-0.15, -0.1) is 0 Å². The maximum absolute atomic E-state index is 11.5. The molecule has 1 unspecified atom stereocenters. The van der Waals surface area contributed by atoms with Crippen LogP contribution in [-0.4, -0.2) is 29.0 Å². The maximum Gasteiger partial charge on any atom is 0.408 e. The van der Waals surface area contributed by atoms with Crippen LogP contribution in [0.5, 0.6) is 0 Å². The first-order valence-electron chi connectivity index (χ1n) is 6.27. The van der Waals surface area contributed by atoms with E-state index in [2.05, 4.69) is 5.32 Å². The Morgan fingerprint density at radius 2 is 1.90 bits per heavy atom. The number of carbonyl (C=O) groups excluding carboxylic acids is 2. The number of hydrogen-bond acceptors (Lipinski definition) is 4. The van der Waals surface area contributed by atoms with Gasteiger partial charge in [-0.25, -0.2) is 9.59 Å². The summed E-state index contributed by atoms with van der Waals surface area (Å²) in [4.78, 5) is 34.0. The molecule has 0 aliphatic heterocycles. The van der Waals surface area contributed by atoms with E-state index in [-0.39, 0.29) is 13.0 Å². The number of ether oxygens (including phenoxy) is 1. The van der Waals surface area contributed by atoms with Crippen LogP contribution in [0.25, 0.3) is 0 Å². The molecule has 20 heavy (non-hydrogen) atoms. The molecule has 2 N–H and O–H groups in total. The van der Waals surface area contributed by atoms with Gasteiger partial charge in [-0.05, 0) is 12.0 Å². The molecule has 0 aromatic heterocycles. The van der Waals surface area contributed by atoms with E-state index in [1.165, 1.54) is 0 Å². The quantitative estimate of drug-likeness (QED) is 0.741. The number of nitrogens with one attached hydrogen (secondary N) is 1. The fourth-order valence-electron chi connectivity index (χ4n) is 1.55. The number of Topliss-reactive ketones (excluding diaryl/α,β-unsaturated/α-hetero) is 1. The lowest BCUT2D eigenvalue weighted by Crippen LogP contribution is -2.46. The second-order valence-corrected chi connectivity index (χ2v) is 4.19. The van der Waals surface area contributed by atoms with E-state index in [4.69, 9.17) is 9.84 Å². The Labute approximate surface area is 116 Å². The molecule has 6 heteroatoms. The highest BCUT2D eigenvalue weighted by atomic mass is 16.5. The summed E-state index contributed by atoms with van der Waals surface area (Å²) < 4.78 is 4.87. The van der Waals surface area contributed by atoms with Crippen LogP contribution in [0, 0.1) is 0 Å². The molecule has 1 rings (SSSR count). The van der Waals surface area contributed by atoms with Crippen LogP contribution >= 0.6 is 0 Å². The van der Waals surface area contributed by atoms with E-state index in [0.29, 0.717) is 6.42 Å². The van der Waals surface area contributed by atoms with Crippen molar-refractivity contribution in [1.29, 1.82) is 0 Å². The van der Waals surface area contributed by atoms with Crippen molar-refractivity contribution < 1.29 is 24.2 Å². The van der Waals surface area contributed by atoms with Crippen molar-refractivity contribution in [1.82, 2.24) is 5.32 Å². The highest BCUT2D eigenvalue weighted by Gasteiger charge is 2.27. The summed E-state index contributed by atoms with van der Waals surface area (Å²) >= 11 is 0. The molecule has 0 bridgehead atoms. The molecule has 108 valence electrons. The first-order chi connectivity index (χ1) is 9.54. The number of alkyl carbamates (subject to hydrolysis) is 1. The molecule has 0 saturated heterocycles. The Balaban J connectivity index is 2.50. The maximum atomic E-state index is 11.5. The lowest BCUT2D eigenvalue weighted by molar-refractivity contribution is -0.143. The van der Waals surface area contributed by atoms with Crippen LogP contribution < -0.4 is 5.32 Å². The minimum Gasteiger partial charge on any atom is -0.479 e. The van der Waals surface area contributed by atoms with Crippen LogP contribution in [0.1, 0.15) is 25.3 Å². The first kappa shape index (κ1) is 15.7. The largest absolute Gasteiger partial charge is 0.479 e. The van der Waals surface area contributed by atoms with E-state index in [9.17, 15) is 14.4 Å². The summed E-state index contributed by atoms with van der Waals surface area (Å²) in [6, 6.07) is 7.39. The van der Waals surface area contributed by atoms with E-state index >= 15 is 0 Å². The number of ketones is 1. The van der Waals surface area contributed by atoms with Gasteiger partial charge in [0, 0.05) is 6.42 Å². The molecule has 0 saturated carbocycles. The third-order valence-corrected chi connectivity index (χ3v) is 2.54. The smallest absolute Gasteiger partial charge is 0.408 e. The number of amides is 1. The average molecular weight is 279 g/mol. The molecule has 0 aliphatic carbocycles. The Bertz CT molecular complexity index is 472. The van der Waals surface area contributed by atoms with Crippen LogP contribution in [-0.2, 0) is 20.9 Å². The molecule has 0 radical (unpaired) electrons. The Hall–Kier alpha value is -2.37. The Kier molecular flexibility index (Phi) is 6.22. The molecule has 1 aromatic rings. The number of carboxylic acids is 1. The average Bonchev–Trinajstić information content (AvgIpc) is 2.43. The van der Waals surface area contributed by atoms with Crippen molar-refractivity contribution in [3.63, 3.8) is 0 Å². The minimum atomic E-state index is -1.56. The van der Waals surface area contributed by atoms with Crippen LogP contribution in [0.4, 0.5) is 4.79 Å². The SMILES string of the molecule is CCCC(=O)C(NC(=O)OCc1ccccc1)C(=O)O. The highest BCUT2D eigenvalue weighted by molar-refractivity contribution is 6.04. The Morgan fingerprint density at radius 1 is 1.25 bits per heavy atom. The summed E-state index contributed by atoms with van der Waals surface area (Å²) in [5, 5.41) is 11.0. The van der Waals surface area contributed by atoms with Gasteiger partial charge in [0.2, 0.25) is 0 Å². The van der Waals surface area contributed by atoms with Gasteiger partial charge < -0.3 is 15.2 Å². The fourth-order valence-corrected chi connectivity index (χ4v) is 1.55. The zero-order valence-corrected chi connectivity index (χ0v) is 11.2. The molecule has 0 heterocycles. The van der Waals surface area contributed by atoms with Gasteiger partial charge >= 0.3 is 12.1 Å². The number of carbonyl (C=O) groups is 3. The lowest BCUT2D eigenvalue weighted by Gasteiger charge is -2.13. The first-order valence-corrected chi connectivity index (χ1v) is 6.27. The standard InChI is InChI=1S/C14H17NO5/c1-2-6-11(16)12(13(17)18)15-14(19)20-9-10-7-4-3-5-8-10/h3-5,7-8,12H,2,6,9H2,1H3,(H,15,19)(H,17,18). The third-order valence-electron chi connectivity index (χ3n) is 2.54. The molecule has 1 aromatic carbocycles. The molecule has 0 fully saturated rings. The number of benzene rings is 1. The number of hydrogen-bond donors (Lipinski definition) is 2. The monoisotopic (exact) mass is 279 g/mol. The summed E-state index contributed by atoms with van der Waals surface area (Å²) in [6.07, 6.45) is -0.315. The van der Waals surface area contributed by atoms with Gasteiger partial charge in [0.05, 0.1) is 0 Å². The second kappa shape index (κ2) is 7.93. The van der Waals surface area contributed by atoms with Gasteiger partial charge in [0.1, 0.15) is 6.61 Å². The molecular formula is C14H17NO5. The van der Waals surface area contributed by atoms with E-state index in [1.807, 2.05) is 6.07 Å². The van der Waals surface area contributed by atoms with E-state index < -0.39 is 23.9 Å². The summed E-state index contributed by atoms with van der Waals surface area (Å²) in [7, 11) is 0. The number of carboxylic acid groups (broad SMARTS) is 1. The topological polar surface area (TPSA) is 92.7 Å².